The topological polar surface area (TPSA) is 117 Å². The Hall–Kier alpha value is -3.94. The van der Waals surface area contributed by atoms with Crippen LogP contribution in [0.25, 0.3) is 5.65 Å². The second-order valence-corrected chi connectivity index (χ2v) is 8.73. The Labute approximate surface area is 192 Å². The monoisotopic (exact) mass is 440 g/mol. The predicted octanol–water partition coefficient (Wildman–Crippen LogP) is 4.13. The zero-order chi connectivity index (χ0) is 22.9. The third-order valence-corrected chi connectivity index (χ3v) is 6.14. The summed E-state index contributed by atoms with van der Waals surface area (Å²) >= 11 is 0. The number of hydrogen-bond acceptors (Lipinski definition) is 6. The zero-order valence-corrected chi connectivity index (χ0v) is 18.9. The van der Waals surface area contributed by atoms with Gasteiger partial charge >= 0.3 is 0 Å². The van der Waals surface area contributed by atoms with Crippen LogP contribution in [-0.4, -0.2) is 25.2 Å². The molecule has 0 unspecified atom stereocenters. The molecule has 8 heteroatoms. The lowest BCUT2D eigenvalue weighted by molar-refractivity contribution is 1.02. The third-order valence-electron chi connectivity index (χ3n) is 6.14. The first-order valence-electron chi connectivity index (χ1n) is 11.2. The van der Waals surface area contributed by atoms with Crippen LogP contribution >= 0.6 is 0 Å². The highest BCUT2D eigenvalue weighted by Crippen LogP contribution is 2.39. The molecule has 4 aromatic rings. The zero-order valence-electron chi connectivity index (χ0n) is 18.9. The molecule has 1 aliphatic rings. The SMILES string of the molecule is Cc1cc(C(=N)N)cc(C)c1CNc1cc(NCc2cn3cc(C4CC4)ccc3n2)ncn1. The van der Waals surface area contributed by atoms with Crippen LogP contribution in [0.1, 0.15) is 52.3 Å². The molecule has 168 valence electrons. The van der Waals surface area contributed by atoms with Gasteiger partial charge in [0.05, 0.1) is 12.2 Å². The van der Waals surface area contributed by atoms with Crippen molar-refractivity contribution in [2.24, 2.45) is 5.73 Å². The van der Waals surface area contributed by atoms with Crippen LogP contribution in [0.2, 0.25) is 0 Å². The van der Waals surface area contributed by atoms with Crippen molar-refractivity contribution in [3.63, 3.8) is 0 Å². The summed E-state index contributed by atoms with van der Waals surface area (Å²) in [4.78, 5) is 13.4. The molecule has 0 amide bonds. The maximum absolute atomic E-state index is 7.65. The molecular formula is C25H28N8. The minimum absolute atomic E-state index is 0.0844. The molecule has 3 aromatic heterocycles. The fourth-order valence-corrected chi connectivity index (χ4v) is 4.14. The molecule has 0 bridgehead atoms. The van der Waals surface area contributed by atoms with Gasteiger partial charge in [-0.2, -0.15) is 0 Å². The molecule has 0 aliphatic heterocycles. The van der Waals surface area contributed by atoms with Crippen molar-refractivity contribution in [3.05, 3.63) is 82.6 Å². The third kappa shape index (κ3) is 4.64. The fraction of sp³-hybridized carbons (Fsp3) is 0.280. The van der Waals surface area contributed by atoms with Crippen LogP contribution < -0.4 is 16.4 Å². The summed E-state index contributed by atoms with van der Waals surface area (Å²) in [5.41, 5.74) is 13.1. The van der Waals surface area contributed by atoms with Gasteiger partial charge in [-0.3, -0.25) is 5.41 Å². The molecule has 0 saturated heterocycles. The van der Waals surface area contributed by atoms with Gasteiger partial charge in [-0.15, -0.1) is 0 Å². The number of aromatic nitrogens is 4. The highest BCUT2D eigenvalue weighted by Gasteiger charge is 2.23. The van der Waals surface area contributed by atoms with Gasteiger partial charge in [0.25, 0.3) is 0 Å². The van der Waals surface area contributed by atoms with Crippen molar-refractivity contribution in [2.45, 2.75) is 45.7 Å². The Morgan fingerprint density at radius 1 is 1.03 bits per heavy atom. The van der Waals surface area contributed by atoms with E-state index in [2.05, 4.69) is 49.5 Å². The number of imidazole rings is 1. The van der Waals surface area contributed by atoms with E-state index in [-0.39, 0.29) is 5.84 Å². The van der Waals surface area contributed by atoms with Gasteiger partial charge in [0.1, 0.15) is 29.4 Å². The molecule has 0 atom stereocenters. The average molecular weight is 441 g/mol. The molecule has 1 fully saturated rings. The van der Waals surface area contributed by atoms with Crippen molar-refractivity contribution < 1.29 is 0 Å². The Kier molecular flexibility index (Phi) is 5.42. The van der Waals surface area contributed by atoms with Gasteiger partial charge in [0.15, 0.2) is 0 Å². The summed E-state index contributed by atoms with van der Waals surface area (Å²) in [6.45, 7) is 5.28. The number of rotatable bonds is 8. The molecule has 1 aliphatic carbocycles. The Balaban J connectivity index is 1.23. The van der Waals surface area contributed by atoms with Gasteiger partial charge in [0.2, 0.25) is 0 Å². The Bertz CT molecular complexity index is 1310. The van der Waals surface area contributed by atoms with Crippen molar-refractivity contribution in [1.82, 2.24) is 19.4 Å². The average Bonchev–Trinajstić information content (AvgIpc) is 3.56. The van der Waals surface area contributed by atoms with Crippen molar-refractivity contribution >= 4 is 23.1 Å². The molecule has 0 radical (unpaired) electrons. The van der Waals surface area contributed by atoms with E-state index >= 15 is 0 Å². The van der Waals surface area contributed by atoms with E-state index < -0.39 is 0 Å². The van der Waals surface area contributed by atoms with Gasteiger partial charge in [-0.05, 0) is 73.1 Å². The van der Waals surface area contributed by atoms with Crippen LogP contribution in [0.3, 0.4) is 0 Å². The number of aryl methyl sites for hydroxylation is 2. The number of anilines is 2. The van der Waals surface area contributed by atoms with Crippen molar-refractivity contribution in [1.29, 1.82) is 5.41 Å². The number of nitrogen functional groups attached to an aromatic ring is 1. The van der Waals surface area contributed by atoms with E-state index in [4.69, 9.17) is 16.1 Å². The van der Waals surface area contributed by atoms with Crippen LogP contribution in [0.5, 0.6) is 0 Å². The number of hydrogen-bond donors (Lipinski definition) is 4. The van der Waals surface area contributed by atoms with E-state index in [0.29, 0.717) is 13.1 Å². The molecule has 5 N–H and O–H groups in total. The highest BCUT2D eigenvalue weighted by molar-refractivity contribution is 5.95. The minimum Gasteiger partial charge on any atom is -0.384 e. The summed E-state index contributed by atoms with van der Waals surface area (Å²) in [5, 5.41) is 14.4. The van der Waals surface area contributed by atoms with Crippen LogP contribution in [-0.2, 0) is 13.1 Å². The summed E-state index contributed by atoms with van der Waals surface area (Å²) in [5.74, 6) is 2.29. The summed E-state index contributed by atoms with van der Waals surface area (Å²) in [6.07, 6.45) is 8.41. The van der Waals surface area contributed by atoms with Crippen molar-refractivity contribution in [3.8, 4) is 0 Å². The number of nitrogens with zero attached hydrogens (tertiary/aromatic N) is 4. The van der Waals surface area contributed by atoms with Gasteiger partial charge < -0.3 is 20.8 Å². The highest BCUT2D eigenvalue weighted by atomic mass is 15.1. The summed E-state index contributed by atoms with van der Waals surface area (Å²) in [6, 6.07) is 10.1. The molecule has 1 aromatic carbocycles. The Morgan fingerprint density at radius 2 is 1.73 bits per heavy atom. The van der Waals surface area contributed by atoms with Crippen LogP contribution in [0.15, 0.2) is 49.1 Å². The predicted molar refractivity (Wildman–Crippen MR) is 131 cm³/mol. The Morgan fingerprint density at radius 3 is 2.39 bits per heavy atom. The molecule has 33 heavy (non-hydrogen) atoms. The lowest BCUT2D eigenvalue weighted by Crippen LogP contribution is -2.13. The van der Waals surface area contributed by atoms with Crippen molar-refractivity contribution in [2.75, 3.05) is 10.6 Å². The standard InChI is InChI=1S/C25H28N8/c1-15-7-19(25(26)27)8-16(2)21(15)11-29-23-9-22(30-14-31-23)28-10-20-13-33-12-18(17-3-4-17)5-6-24(33)32-20/h5-9,12-14,17H,3-4,10-11H2,1-2H3,(H3,26,27)(H2,28,29,30,31). The van der Waals surface area contributed by atoms with Crippen LogP contribution in [0, 0.1) is 19.3 Å². The number of pyridine rings is 1. The first kappa shape index (κ1) is 20.9. The second-order valence-electron chi connectivity index (χ2n) is 8.73. The molecular weight excluding hydrogens is 412 g/mol. The maximum atomic E-state index is 7.65. The van der Waals surface area contributed by atoms with Gasteiger partial charge in [0, 0.05) is 30.6 Å². The fourth-order valence-electron chi connectivity index (χ4n) is 4.14. The lowest BCUT2D eigenvalue weighted by Gasteiger charge is -2.14. The first-order valence-corrected chi connectivity index (χ1v) is 11.2. The van der Waals surface area contributed by atoms with E-state index in [1.54, 1.807) is 6.33 Å². The molecule has 0 spiro atoms. The smallest absolute Gasteiger partial charge is 0.137 e. The molecule has 1 saturated carbocycles. The number of nitrogens with one attached hydrogen (secondary N) is 3. The first-order chi connectivity index (χ1) is 16.0. The van der Waals surface area contributed by atoms with Crippen LogP contribution in [0.4, 0.5) is 11.6 Å². The molecule has 5 rings (SSSR count). The minimum atomic E-state index is 0.0844. The van der Waals surface area contributed by atoms with E-state index in [1.165, 1.54) is 24.0 Å². The second kappa shape index (κ2) is 8.54. The normalized spacial score (nSPS) is 13.3. The number of nitrogens with two attached hydrogens (primary N) is 1. The quantitative estimate of drug-likeness (QED) is 0.242. The lowest BCUT2D eigenvalue weighted by atomic mass is 9.99. The number of fused-ring (bicyclic) bond motifs is 1. The van der Waals surface area contributed by atoms with E-state index in [0.717, 1.165) is 45.6 Å². The van der Waals surface area contributed by atoms with Gasteiger partial charge in [-0.25, -0.2) is 15.0 Å². The number of benzene rings is 1. The van der Waals surface area contributed by atoms with E-state index in [1.807, 2.05) is 32.0 Å². The summed E-state index contributed by atoms with van der Waals surface area (Å²) < 4.78 is 2.11. The van der Waals surface area contributed by atoms with Gasteiger partial charge in [-0.1, -0.05) is 6.07 Å². The largest absolute Gasteiger partial charge is 0.384 e. The molecule has 8 nitrogen and oxygen atoms in total. The number of amidine groups is 1. The van der Waals surface area contributed by atoms with E-state index in [9.17, 15) is 0 Å². The maximum Gasteiger partial charge on any atom is 0.137 e. The summed E-state index contributed by atoms with van der Waals surface area (Å²) in [7, 11) is 0. The molecule has 3 heterocycles.